The van der Waals surface area contributed by atoms with Gasteiger partial charge < -0.3 is 10.1 Å². The Bertz CT molecular complexity index is 556. The first-order valence-corrected chi connectivity index (χ1v) is 7.21. The van der Waals surface area contributed by atoms with Crippen molar-refractivity contribution in [2.45, 2.75) is 44.8 Å². The Balaban J connectivity index is 1.90. The number of benzene rings is 1. The summed E-state index contributed by atoms with van der Waals surface area (Å²) in [6, 6.07) is 7.97. The van der Waals surface area contributed by atoms with E-state index in [9.17, 15) is 4.79 Å². The third-order valence-electron chi connectivity index (χ3n) is 3.93. The molecule has 1 aromatic carbocycles. The fourth-order valence-electron chi connectivity index (χ4n) is 3.14. The molecule has 1 aliphatic carbocycles. The maximum Gasteiger partial charge on any atom is 0.329 e. The van der Waals surface area contributed by atoms with Gasteiger partial charge in [-0.3, -0.25) is 0 Å². The Labute approximate surface area is 120 Å². The minimum atomic E-state index is -0.447. The van der Waals surface area contributed by atoms with Crippen molar-refractivity contribution >= 4 is 11.7 Å². The van der Waals surface area contributed by atoms with Gasteiger partial charge in [-0.05, 0) is 38.8 Å². The summed E-state index contributed by atoms with van der Waals surface area (Å²) in [6.45, 7) is 5.73. The van der Waals surface area contributed by atoms with Gasteiger partial charge in [0.25, 0.3) is 0 Å². The largest absolute Gasteiger partial charge is 0.458 e. The molecule has 1 aliphatic heterocycles. The number of nitrogens with one attached hydrogen (secondary N) is 1. The highest BCUT2D eigenvalue weighted by Gasteiger charge is 2.42. The van der Waals surface area contributed by atoms with Crippen molar-refractivity contribution in [1.82, 2.24) is 0 Å². The molecule has 0 amide bonds. The molecule has 3 atom stereocenters. The zero-order valence-electron chi connectivity index (χ0n) is 12.2. The molecule has 3 rings (SSSR count). The van der Waals surface area contributed by atoms with E-state index >= 15 is 0 Å². The second-order valence-electron chi connectivity index (χ2n) is 6.60. The highest BCUT2D eigenvalue weighted by molar-refractivity contribution is 5.82. The third-order valence-corrected chi connectivity index (χ3v) is 3.93. The van der Waals surface area contributed by atoms with Gasteiger partial charge >= 0.3 is 5.97 Å². The van der Waals surface area contributed by atoms with Gasteiger partial charge in [-0.1, -0.05) is 30.4 Å². The van der Waals surface area contributed by atoms with Gasteiger partial charge in [0.1, 0.15) is 11.6 Å². The summed E-state index contributed by atoms with van der Waals surface area (Å²) >= 11 is 0. The van der Waals surface area contributed by atoms with Crippen LogP contribution in [0.15, 0.2) is 36.4 Å². The number of fused-ring (bicyclic) bond motifs is 3. The minimum Gasteiger partial charge on any atom is -0.458 e. The average Bonchev–Trinajstić information content (AvgIpc) is 2.85. The number of rotatable bonds is 1. The molecule has 3 nitrogen and oxygen atoms in total. The van der Waals surface area contributed by atoms with Gasteiger partial charge in [0.15, 0.2) is 0 Å². The summed E-state index contributed by atoms with van der Waals surface area (Å²) in [7, 11) is 0. The first-order valence-electron chi connectivity index (χ1n) is 7.21. The summed E-state index contributed by atoms with van der Waals surface area (Å²) in [6.07, 6.45) is 5.33. The molecule has 0 fully saturated rings. The van der Waals surface area contributed by atoms with Crippen LogP contribution in [-0.4, -0.2) is 17.6 Å². The zero-order valence-corrected chi connectivity index (χ0v) is 12.2. The van der Waals surface area contributed by atoms with Crippen LogP contribution in [0.1, 0.15) is 38.7 Å². The first-order chi connectivity index (χ1) is 9.46. The van der Waals surface area contributed by atoms with Crippen molar-refractivity contribution in [2.24, 2.45) is 5.92 Å². The van der Waals surface area contributed by atoms with Crippen LogP contribution in [0.3, 0.4) is 0 Å². The van der Waals surface area contributed by atoms with E-state index in [1.165, 1.54) is 5.56 Å². The molecule has 0 bridgehead atoms. The molecule has 1 aromatic rings. The molecule has 0 saturated heterocycles. The number of hydrogen-bond acceptors (Lipinski definition) is 3. The van der Waals surface area contributed by atoms with Gasteiger partial charge in [-0.15, -0.1) is 0 Å². The smallest absolute Gasteiger partial charge is 0.329 e. The number of allylic oxidation sites excluding steroid dienone is 2. The highest BCUT2D eigenvalue weighted by Crippen LogP contribution is 2.44. The van der Waals surface area contributed by atoms with Crippen molar-refractivity contribution < 1.29 is 9.53 Å². The average molecular weight is 271 g/mol. The topological polar surface area (TPSA) is 38.3 Å². The number of esters is 1. The van der Waals surface area contributed by atoms with Crippen molar-refractivity contribution in [3.8, 4) is 0 Å². The van der Waals surface area contributed by atoms with E-state index in [1.54, 1.807) is 0 Å². The normalized spacial score (nSPS) is 27.4. The lowest BCUT2D eigenvalue weighted by molar-refractivity contribution is -0.157. The van der Waals surface area contributed by atoms with Crippen LogP contribution in [0.25, 0.3) is 0 Å². The molecule has 1 N–H and O–H groups in total. The van der Waals surface area contributed by atoms with Gasteiger partial charge in [0.2, 0.25) is 0 Å². The molecule has 0 saturated carbocycles. The summed E-state index contributed by atoms with van der Waals surface area (Å²) in [5.41, 5.74) is 1.89. The monoisotopic (exact) mass is 271 g/mol. The van der Waals surface area contributed by atoms with Gasteiger partial charge in [-0.2, -0.15) is 0 Å². The lowest BCUT2D eigenvalue weighted by atomic mass is 9.79. The van der Waals surface area contributed by atoms with E-state index < -0.39 is 5.60 Å². The van der Waals surface area contributed by atoms with Crippen LogP contribution in [0.5, 0.6) is 0 Å². The number of hydrogen-bond donors (Lipinski definition) is 1. The third kappa shape index (κ3) is 2.33. The second kappa shape index (κ2) is 4.65. The molecule has 1 heterocycles. The maximum atomic E-state index is 12.5. The summed E-state index contributed by atoms with van der Waals surface area (Å²) < 4.78 is 5.57. The predicted molar refractivity (Wildman–Crippen MR) is 79.7 cm³/mol. The molecular formula is C17H21NO2. The Morgan fingerprint density at radius 2 is 2.05 bits per heavy atom. The number of para-hydroxylation sites is 1. The van der Waals surface area contributed by atoms with Crippen LogP contribution in [0, 0.1) is 5.92 Å². The van der Waals surface area contributed by atoms with Crippen molar-refractivity contribution in [2.75, 3.05) is 5.32 Å². The van der Waals surface area contributed by atoms with E-state index in [4.69, 9.17) is 4.74 Å². The lowest BCUT2D eigenvalue weighted by Crippen LogP contribution is -2.45. The highest BCUT2D eigenvalue weighted by atomic mass is 16.6. The first kappa shape index (κ1) is 13.2. The Kier molecular flexibility index (Phi) is 3.08. The number of carbonyl (C=O) groups excluding carboxylic acids is 1. The maximum absolute atomic E-state index is 12.5. The van der Waals surface area contributed by atoms with Crippen molar-refractivity contribution in [3.63, 3.8) is 0 Å². The molecule has 0 spiro atoms. The van der Waals surface area contributed by atoms with E-state index in [1.807, 2.05) is 32.9 Å². The summed E-state index contributed by atoms with van der Waals surface area (Å²) in [5.74, 6) is 0.440. The Morgan fingerprint density at radius 1 is 1.30 bits per heavy atom. The fraction of sp³-hybridized carbons (Fsp3) is 0.471. The standard InChI is InChI=1S/C17H21NO2/c1-17(2,3)20-16(19)15-13-9-6-8-11(13)12-7-4-5-10-14(12)18-15/h4-8,10-11,13,15,18H,9H2,1-3H3/t11-,13-,15+/m1/s1. The molecule has 2 aliphatic rings. The van der Waals surface area contributed by atoms with Crippen LogP contribution in [0.2, 0.25) is 0 Å². The Morgan fingerprint density at radius 3 is 2.80 bits per heavy atom. The second-order valence-corrected chi connectivity index (χ2v) is 6.60. The lowest BCUT2D eigenvalue weighted by Gasteiger charge is -2.36. The van der Waals surface area contributed by atoms with Gasteiger partial charge in [0.05, 0.1) is 0 Å². The van der Waals surface area contributed by atoms with Crippen LogP contribution in [-0.2, 0) is 9.53 Å². The summed E-state index contributed by atoms with van der Waals surface area (Å²) in [5, 5.41) is 3.38. The molecular weight excluding hydrogens is 250 g/mol. The van der Waals surface area contributed by atoms with Crippen LogP contribution >= 0.6 is 0 Å². The van der Waals surface area contributed by atoms with Crippen molar-refractivity contribution in [3.05, 3.63) is 42.0 Å². The fourth-order valence-corrected chi connectivity index (χ4v) is 3.14. The van der Waals surface area contributed by atoms with E-state index in [0.29, 0.717) is 5.92 Å². The van der Waals surface area contributed by atoms with Crippen LogP contribution in [0.4, 0.5) is 5.69 Å². The molecule has 0 radical (unpaired) electrons. The minimum absolute atomic E-state index is 0.147. The van der Waals surface area contributed by atoms with E-state index in [-0.39, 0.29) is 17.9 Å². The van der Waals surface area contributed by atoms with Gasteiger partial charge in [-0.25, -0.2) is 4.79 Å². The SMILES string of the molecule is CC(C)(C)OC(=O)[C@H]1Nc2ccccc2[C@H]2C=CC[C@@H]12. The molecule has 20 heavy (non-hydrogen) atoms. The molecule has 106 valence electrons. The number of carbonyl (C=O) groups is 1. The predicted octanol–water partition coefficient (Wildman–Crippen LogP) is 3.48. The van der Waals surface area contributed by atoms with E-state index in [2.05, 4.69) is 29.6 Å². The van der Waals surface area contributed by atoms with Crippen LogP contribution < -0.4 is 5.32 Å². The Hall–Kier alpha value is -1.77. The van der Waals surface area contributed by atoms with E-state index in [0.717, 1.165) is 12.1 Å². The number of anilines is 1. The summed E-state index contributed by atoms with van der Waals surface area (Å²) in [4.78, 5) is 12.5. The molecule has 0 unspecified atom stereocenters. The quantitative estimate of drug-likeness (QED) is 0.627. The van der Waals surface area contributed by atoms with Crippen molar-refractivity contribution in [1.29, 1.82) is 0 Å². The molecule has 0 aromatic heterocycles. The molecule has 3 heteroatoms. The number of ether oxygens (including phenoxy) is 1. The zero-order chi connectivity index (χ0) is 14.3. The van der Waals surface area contributed by atoms with Gasteiger partial charge in [0, 0.05) is 17.5 Å².